The van der Waals surface area contributed by atoms with Crippen molar-refractivity contribution in [1.82, 2.24) is 4.98 Å². The van der Waals surface area contributed by atoms with Crippen LogP contribution in [0.5, 0.6) is 5.88 Å². The fourth-order valence-corrected chi connectivity index (χ4v) is 1.92. The van der Waals surface area contributed by atoms with E-state index in [0.29, 0.717) is 12.5 Å². The van der Waals surface area contributed by atoms with E-state index in [-0.39, 0.29) is 11.7 Å². The molecule has 0 saturated carbocycles. The minimum atomic E-state index is -0.220. The molecule has 0 radical (unpaired) electrons. The van der Waals surface area contributed by atoms with Gasteiger partial charge in [0.05, 0.1) is 6.61 Å². The Labute approximate surface area is 106 Å². The maximum atomic E-state index is 12.9. The van der Waals surface area contributed by atoms with Crippen LogP contribution in [0.1, 0.15) is 30.9 Å². The zero-order valence-electron chi connectivity index (χ0n) is 10.6. The minimum Gasteiger partial charge on any atom is -0.478 e. The summed E-state index contributed by atoms with van der Waals surface area (Å²) in [7, 11) is 0. The highest BCUT2D eigenvalue weighted by molar-refractivity contribution is 5.37. The van der Waals surface area contributed by atoms with E-state index in [1.807, 2.05) is 19.1 Å². The van der Waals surface area contributed by atoms with Gasteiger partial charge in [0, 0.05) is 17.7 Å². The van der Waals surface area contributed by atoms with E-state index in [2.05, 4.69) is 11.9 Å². The average Bonchev–Trinajstić information content (AvgIpc) is 2.40. The Hall–Kier alpha value is -1.90. The lowest BCUT2D eigenvalue weighted by atomic mass is 9.94. The second-order valence-corrected chi connectivity index (χ2v) is 4.10. The molecule has 18 heavy (non-hydrogen) atoms. The van der Waals surface area contributed by atoms with E-state index >= 15 is 0 Å². The molecule has 0 aliphatic rings. The van der Waals surface area contributed by atoms with Crippen LogP contribution in [0.2, 0.25) is 0 Å². The van der Waals surface area contributed by atoms with Crippen molar-refractivity contribution in [1.29, 1.82) is 0 Å². The fourth-order valence-electron chi connectivity index (χ4n) is 1.92. The number of nitrogens with zero attached hydrogens (tertiary/aromatic N) is 1. The molecule has 0 N–H and O–H groups in total. The second-order valence-electron chi connectivity index (χ2n) is 4.10. The summed E-state index contributed by atoms with van der Waals surface area (Å²) in [5.41, 5.74) is 2.07. The van der Waals surface area contributed by atoms with Gasteiger partial charge in [-0.2, -0.15) is 0 Å². The third-order valence-electron chi connectivity index (χ3n) is 2.92. The average molecular weight is 245 g/mol. The lowest BCUT2D eigenvalue weighted by Gasteiger charge is -2.15. The van der Waals surface area contributed by atoms with Crippen molar-refractivity contribution in [2.45, 2.75) is 19.8 Å². The van der Waals surface area contributed by atoms with Crippen LogP contribution in [0.3, 0.4) is 0 Å². The summed E-state index contributed by atoms with van der Waals surface area (Å²) in [5.74, 6) is 0.555. The highest BCUT2D eigenvalue weighted by Crippen LogP contribution is 2.29. The zero-order chi connectivity index (χ0) is 13.0. The Bertz CT molecular complexity index is 510. The first-order valence-corrected chi connectivity index (χ1v) is 6.05. The van der Waals surface area contributed by atoms with Gasteiger partial charge < -0.3 is 4.74 Å². The first-order chi connectivity index (χ1) is 8.72. The van der Waals surface area contributed by atoms with Gasteiger partial charge in [-0.3, -0.25) is 0 Å². The van der Waals surface area contributed by atoms with E-state index in [1.165, 1.54) is 12.1 Å². The molecule has 0 amide bonds. The number of aromatic nitrogens is 1. The molecule has 1 aromatic carbocycles. The van der Waals surface area contributed by atoms with Crippen LogP contribution in [-0.2, 0) is 0 Å². The van der Waals surface area contributed by atoms with Gasteiger partial charge >= 0.3 is 0 Å². The van der Waals surface area contributed by atoms with Crippen LogP contribution in [-0.4, -0.2) is 11.6 Å². The van der Waals surface area contributed by atoms with E-state index < -0.39 is 0 Å². The first-order valence-electron chi connectivity index (χ1n) is 6.05. The van der Waals surface area contributed by atoms with Gasteiger partial charge in [0.1, 0.15) is 5.82 Å². The number of hydrogen-bond donors (Lipinski definition) is 0. The molecule has 1 heterocycles. The van der Waals surface area contributed by atoms with Crippen molar-refractivity contribution in [3.63, 3.8) is 0 Å². The van der Waals surface area contributed by atoms with Crippen molar-refractivity contribution in [3.05, 3.63) is 59.5 Å². The predicted molar refractivity (Wildman–Crippen MR) is 69.3 cm³/mol. The Morgan fingerprint density at radius 3 is 2.61 bits per heavy atom. The van der Waals surface area contributed by atoms with Gasteiger partial charge in [0.25, 0.3) is 0 Å². The monoisotopic (exact) mass is 245 g/mol. The molecule has 2 aromatic rings. The summed E-state index contributed by atoms with van der Waals surface area (Å²) in [6.45, 7) is 4.58. The molecule has 0 aliphatic carbocycles. The fraction of sp³-hybridized carbons (Fsp3) is 0.267. The molecule has 0 spiro atoms. The predicted octanol–water partition coefficient (Wildman–Crippen LogP) is 3.77. The molecule has 0 saturated heterocycles. The Morgan fingerprint density at radius 1 is 1.22 bits per heavy atom. The summed E-state index contributed by atoms with van der Waals surface area (Å²) >= 11 is 0. The Kier molecular flexibility index (Phi) is 3.92. The van der Waals surface area contributed by atoms with Gasteiger partial charge in [0.2, 0.25) is 5.88 Å². The van der Waals surface area contributed by atoms with Gasteiger partial charge in [-0.05, 0) is 30.7 Å². The third-order valence-corrected chi connectivity index (χ3v) is 2.92. The van der Waals surface area contributed by atoms with Crippen molar-refractivity contribution >= 4 is 0 Å². The highest BCUT2D eigenvalue weighted by atomic mass is 19.1. The maximum absolute atomic E-state index is 12.9. The SMILES string of the molecule is CCOc1ncccc1C(C)c1ccc(F)cc1. The van der Waals surface area contributed by atoms with Crippen molar-refractivity contribution < 1.29 is 9.13 Å². The third kappa shape index (κ3) is 2.67. The molecule has 0 fully saturated rings. The highest BCUT2D eigenvalue weighted by Gasteiger charge is 2.14. The van der Waals surface area contributed by atoms with E-state index in [1.54, 1.807) is 18.3 Å². The van der Waals surface area contributed by atoms with Crippen molar-refractivity contribution in [3.8, 4) is 5.88 Å². The molecule has 2 nitrogen and oxygen atoms in total. The van der Waals surface area contributed by atoms with E-state index in [9.17, 15) is 4.39 Å². The maximum Gasteiger partial charge on any atom is 0.217 e. The van der Waals surface area contributed by atoms with Gasteiger partial charge in [-0.1, -0.05) is 25.1 Å². The lowest BCUT2D eigenvalue weighted by molar-refractivity contribution is 0.322. The largest absolute Gasteiger partial charge is 0.478 e. The van der Waals surface area contributed by atoms with Crippen LogP contribution < -0.4 is 4.74 Å². The topological polar surface area (TPSA) is 22.1 Å². The van der Waals surface area contributed by atoms with Gasteiger partial charge in [0.15, 0.2) is 0 Å². The molecule has 0 bridgehead atoms. The second kappa shape index (κ2) is 5.63. The minimum absolute atomic E-state index is 0.126. The number of pyridine rings is 1. The van der Waals surface area contributed by atoms with E-state index in [4.69, 9.17) is 4.74 Å². The van der Waals surface area contributed by atoms with Crippen molar-refractivity contribution in [2.24, 2.45) is 0 Å². The quantitative estimate of drug-likeness (QED) is 0.818. The van der Waals surface area contributed by atoms with Crippen LogP contribution in [0.4, 0.5) is 4.39 Å². The number of benzene rings is 1. The van der Waals surface area contributed by atoms with E-state index in [0.717, 1.165) is 11.1 Å². The van der Waals surface area contributed by atoms with Crippen LogP contribution in [0, 0.1) is 5.82 Å². The number of halogens is 1. The van der Waals surface area contributed by atoms with Crippen LogP contribution in [0.15, 0.2) is 42.6 Å². The molecule has 1 unspecified atom stereocenters. The summed E-state index contributed by atoms with van der Waals surface area (Å²) in [6.07, 6.45) is 1.71. The summed E-state index contributed by atoms with van der Waals surface area (Å²) < 4.78 is 18.4. The molecular weight excluding hydrogens is 229 g/mol. The van der Waals surface area contributed by atoms with Gasteiger partial charge in [-0.25, -0.2) is 9.37 Å². The summed E-state index contributed by atoms with van der Waals surface area (Å²) in [6, 6.07) is 10.4. The standard InChI is InChI=1S/C15H16FNO/c1-3-18-15-14(5-4-10-17-15)11(2)12-6-8-13(16)9-7-12/h4-11H,3H2,1-2H3. The zero-order valence-corrected chi connectivity index (χ0v) is 10.6. The normalized spacial score (nSPS) is 12.2. The lowest BCUT2D eigenvalue weighted by Crippen LogP contribution is -2.03. The van der Waals surface area contributed by atoms with Crippen molar-refractivity contribution in [2.75, 3.05) is 6.61 Å². The molecule has 94 valence electrons. The van der Waals surface area contributed by atoms with Crippen LogP contribution in [0.25, 0.3) is 0 Å². The Balaban J connectivity index is 2.33. The number of hydrogen-bond acceptors (Lipinski definition) is 2. The molecule has 3 heteroatoms. The molecular formula is C15H16FNO. The molecule has 1 aromatic heterocycles. The smallest absolute Gasteiger partial charge is 0.217 e. The number of rotatable bonds is 4. The number of ether oxygens (including phenoxy) is 1. The molecule has 2 rings (SSSR count). The summed E-state index contributed by atoms with van der Waals surface area (Å²) in [5, 5.41) is 0. The first kappa shape index (κ1) is 12.6. The molecule has 0 aliphatic heterocycles. The van der Waals surface area contributed by atoms with Gasteiger partial charge in [-0.15, -0.1) is 0 Å². The summed E-state index contributed by atoms with van der Waals surface area (Å²) in [4.78, 5) is 4.24. The van der Waals surface area contributed by atoms with Crippen LogP contribution >= 0.6 is 0 Å². The molecule has 1 atom stereocenters. The Morgan fingerprint density at radius 2 is 1.94 bits per heavy atom.